The van der Waals surface area contributed by atoms with Crippen molar-refractivity contribution in [3.63, 3.8) is 0 Å². The summed E-state index contributed by atoms with van der Waals surface area (Å²) in [5, 5.41) is 2.75. The van der Waals surface area contributed by atoms with Crippen molar-refractivity contribution in [3.8, 4) is 5.75 Å². The molecule has 1 aliphatic rings. The molecular weight excluding hydrogens is 524 g/mol. The minimum absolute atomic E-state index is 0.156. The summed E-state index contributed by atoms with van der Waals surface area (Å²) in [4.78, 5) is 39.6. The number of unbranched alkanes of at least 4 members (excludes halogenated alkanes) is 9. The molecule has 0 bridgehead atoms. The molecule has 0 aromatic heterocycles. The minimum atomic E-state index is -0.887. The van der Waals surface area contributed by atoms with Crippen LogP contribution >= 0.6 is 15.9 Å². The van der Waals surface area contributed by atoms with Crippen molar-refractivity contribution in [1.29, 1.82) is 0 Å². The van der Waals surface area contributed by atoms with E-state index < -0.39 is 12.0 Å². The zero-order valence-corrected chi connectivity index (χ0v) is 23.2. The van der Waals surface area contributed by atoms with Crippen LogP contribution in [0.4, 0.5) is 0 Å². The summed E-state index contributed by atoms with van der Waals surface area (Å²) in [6, 6.07) is 4.12. The Balaban J connectivity index is 1.77. The summed E-state index contributed by atoms with van der Waals surface area (Å²) in [6.07, 6.45) is 13.5. The van der Waals surface area contributed by atoms with E-state index in [9.17, 15) is 14.4 Å². The average Bonchev–Trinajstić information content (AvgIpc) is 2.87. The molecule has 8 heteroatoms. The maximum absolute atomic E-state index is 13.2. The molecule has 0 spiro atoms. The van der Waals surface area contributed by atoms with E-state index in [-0.39, 0.29) is 18.2 Å². The number of nitrogens with one attached hydrogen (secondary N) is 1. The maximum Gasteiger partial charge on any atom is 0.308 e. The highest BCUT2D eigenvalue weighted by Crippen LogP contribution is 2.27. The van der Waals surface area contributed by atoms with E-state index in [2.05, 4.69) is 34.7 Å². The molecule has 36 heavy (non-hydrogen) atoms. The van der Waals surface area contributed by atoms with Gasteiger partial charge in [-0.05, 0) is 40.5 Å². The van der Waals surface area contributed by atoms with Crippen molar-refractivity contribution in [3.05, 3.63) is 40.9 Å². The van der Waals surface area contributed by atoms with Crippen molar-refractivity contribution in [2.24, 2.45) is 0 Å². The number of benzene rings is 1. The quantitative estimate of drug-likeness (QED) is 0.146. The van der Waals surface area contributed by atoms with Crippen LogP contribution in [0.15, 0.2) is 35.3 Å². The molecule has 1 saturated heterocycles. The predicted octanol–water partition coefficient (Wildman–Crippen LogP) is 5.81. The van der Waals surface area contributed by atoms with E-state index in [0.29, 0.717) is 42.1 Å². The summed E-state index contributed by atoms with van der Waals surface area (Å²) in [5.41, 5.74) is 0.409. The van der Waals surface area contributed by atoms with Crippen LogP contribution in [-0.4, -0.2) is 55.0 Å². The Morgan fingerprint density at radius 3 is 2.42 bits per heavy atom. The first-order valence-corrected chi connectivity index (χ1v) is 14.0. The standard InChI is InChI=1S/C28H41BrN2O5/c1-3-5-6-7-8-9-10-11-12-13-19-36-26(32)21-24-27(33)30-16-17-31(24)28(34)22-14-15-25(23(29)20-22)35-18-4-2/h4,14-15,20,24H,2-3,5-13,16-19,21H2,1H3,(H,30,33). The Labute approximate surface area is 224 Å². The highest BCUT2D eigenvalue weighted by atomic mass is 79.9. The first kappa shape index (κ1) is 29.9. The topological polar surface area (TPSA) is 84.9 Å². The van der Waals surface area contributed by atoms with E-state index in [1.807, 2.05) is 0 Å². The lowest BCUT2D eigenvalue weighted by atomic mass is 10.1. The highest BCUT2D eigenvalue weighted by Gasteiger charge is 2.35. The van der Waals surface area contributed by atoms with Crippen LogP contribution in [-0.2, 0) is 14.3 Å². The lowest BCUT2D eigenvalue weighted by Crippen LogP contribution is -2.57. The van der Waals surface area contributed by atoms with E-state index in [1.54, 1.807) is 24.3 Å². The highest BCUT2D eigenvalue weighted by molar-refractivity contribution is 9.10. The number of ether oxygens (including phenoxy) is 2. The first-order chi connectivity index (χ1) is 17.5. The molecule has 0 saturated carbocycles. The van der Waals surface area contributed by atoms with Crippen molar-refractivity contribution in [2.75, 3.05) is 26.3 Å². The van der Waals surface area contributed by atoms with Crippen LogP contribution in [0.2, 0.25) is 0 Å². The second kappa shape index (κ2) is 17.2. The zero-order valence-electron chi connectivity index (χ0n) is 21.6. The monoisotopic (exact) mass is 564 g/mol. The van der Waals surface area contributed by atoms with Gasteiger partial charge in [-0.3, -0.25) is 14.4 Å². The van der Waals surface area contributed by atoms with E-state index in [1.165, 1.54) is 49.8 Å². The Hall–Kier alpha value is -2.35. The maximum atomic E-state index is 13.2. The summed E-state index contributed by atoms with van der Waals surface area (Å²) in [5.74, 6) is -0.515. The second-order valence-electron chi connectivity index (χ2n) is 9.16. The molecule has 2 rings (SSSR count). The van der Waals surface area contributed by atoms with Gasteiger partial charge in [0.2, 0.25) is 5.91 Å². The van der Waals surface area contributed by atoms with E-state index >= 15 is 0 Å². The van der Waals surface area contributed by atoms with Crippen LogP contribution in [0.3, 0.4) is 0 Å². The normalized spacial score (nSPS) is 15.3. The summed E-state index contributed by atoms with van der Waals surface area (Å²) < 4.78 is 11.5. The molecule has 1 fully saturated rings. The van der Waals surface area contributed by atoms with E-state index in [4.69, 9.17) is 9.47 Å². The van der Waals surface area contributed by atoms with Crippen LogP contribution in [0, 0.1) is 0 Å². The molecule has 200 valence electrons. The number of esters is 1. The van der Waals surface area contributed by atoms with Gasteiger partial charge >= 0.3 is 5.97 Å². The fourth-order valence-corrected chi connectivity index (χ4v) is 4.71. The molecule has 1 N–H and O–H groups in total. The van der Waals surface area contributed by atoms with Gasteiger partial charge in [0.15, 0.2) is 0 Å². The minimum Gasteiger partial charge on any atom is -0.488 e. The number of hydrogen-bond acceptors (Lipinski definition) is 5. The third-order valence-electron chi connectivity index (χ3n) is 6.25. The van der Waals surface area contributed by atoms with Crippen molar-refractivity contribution in [2.45, 2.75) is 83.6 Å². The molecule has 7 nitrogen and oxygen atoms in total. The zero-order chi connectivity index (χ0) is 26.2. The van der Waals surface area contributed by atoms with Gasteiger partial charge < -0.3 is 19.7 Å². The number of hydrogen-bond donors (Lipinski definition) is 1. The molecule has 1 aliphatic heterocycles. The Morgan fingerprint density at radius 1 is 1.11 bits per heavy atom. The van der Waals surface area contributed by atoms with Gasteiger partial charge in [0.25, 0.3) is 5.91 Å². The number of rotatable bonds is 17. The van der Waals surface area contributed by atoms with Gasteiger partial charge in [-0.25, -0.2) is 0 Å². The number of carbonyl (C=O) groups is 3. The van der Waals surface area contributed by atoms with Crippen molar-refractivity contribution in [1.82, 2.24) is 10.2 Å². The molecule has 1 heterocycles. The third kappa shape index (κ3) is 10.3. The molecule has 2 amide bonds. The number of halogens is 1. The number of carbonyl (C=O) groups excluding carboxylic acids is 3. The number of amides is 2. The molecule has 0 aliphatic carbocycles. The van der Waals surface area contributed by atoms with Crippen molar-refractivity contribution >= 4 is 33.7 Å². The summed E-state index contributed by atoms with van der Waals surface area (Å²) in [7, 11) is 0. The van der Waals surface area contributed by atoms with Crippen LogP contribution in [0.1, 0.15) is 87.9 Å². The lowest BCUT2D eigenvalue weighted by molar-refractivity contribution is -0.147. The Bertz CT molecular complexity index is 860. The van der Waals surface area contributed by atoms with E-state index in [0.717, 1.165) is 19.3 Å². The van der Waals surface area contributed by atoms with Gasteiger partial charge in [-0.15, -0.1) is 0 Å². The first-order valence-electron chi connectivity index (χ1n) is 13.3. The summed E-state index contributed by atoms with van der Waals surface area (Å²) >= 11 is 3.42. The Morgan fingerprint density at radius 2 is 1.78 bits per heavy atom. The molecular formula is C28H41BrN2O5. The molecule has 1 aromatic rings. The van der Waals surface area contributed by atoms with Crippen LogP contribution < -0.4 is 10.1 Å². The lowest BCUT2D eigenvalue weighted by Gasteiger charge is -2.34. The Kier molecular flexibility index (Phi) is 14.2. The fourth-order valence-electron chi connectivity index (χ4n) is 4.22. The van der Waals surface area contributed by atoms with Gasteiger partial charge in [-0.2, -0.15) is 0 Å². The largest absolute Gasteiger partial charge is 0.488 e. The van der Waals surface area contributed by atoms with Gasteiger partial charge in [0.05, 0.1) is 17.5 Å². The number of piperazine rings is 1. The van der Waals surface area contributed by atoms with Crippen LogP contribution in [0.5, 0.6) is 5.75 Å². The van der Waals surface area contributed by atoms with Gasteiger partial charge in [-0.1, -0.05) is 77.4 Å². The average molecular weight is 566 g/mol. The smallest absolute Gasteiger partial charge is 0.308 e. The predicted molar refractivity (Wildman–Crippen MR) is 145 cm³/mol. The van der Waals surface area contributed by atoms with Crippen molar-refractivity contribution < 1.29 is 23.9 Å². The molecule has 1 aromatic carbocycles. The molecule has 1 unspecified atom stereocenters. The van der Waals surface area contributed by atoms with Gasteiger partial charge in [0, 0.05) is 18.7 Å². The SMILES string of the molecule is C=CCOc1ccc(C(=O)N2CCNC(=O)C2CC(=O)OCCCCCCCCCCCC)cc1Br. The number of nitrogens with zero attached hydrogens (tertiary/aromatic N) is 1. The van der Waals surface area contributed by atoms with Gasteiger partial charge in [0.1, 0.15) is 18.4 Å². The summed E-state index contributed by atoms with van der Waals surface area (Å²) in [6.45, 7) is 7.22. The second-order valence-corrected chi connectivity index (χ2v) is 10.0. The third-order valence-corrected chi connectivity index (χ3v) is 6.87. The molecule has 1 atom stereocenters. The fraction of sp³-hybridized carbons (Fsp3) is 0.607. The van der Waals surface area contributed by atoms with Crippen LogP contribution in [0.25, 0.3) is 0 Å². The molecule has 0 radical (unpaired) electrons.